The van der Waals surface area contributed by atoms with Gasteiger partial charge in [-0.15, -0.1) is 0 Å². The fourth-order valence-electron chi connectivity index (χ4n) is 3.88. The van der Waals surface area contributed by atoms with Gasteiger partial charge >= 0.3 is 0 Å². The maximum atomic E-state index is 13.1. The van der Waals surface area contributed by atoms with E-state index in [1.807, 2.05) is 26.0 Å². The highest BCUT2D eigenvalue weighted by molar-refractivity contribution is 7.86. The third kappa shape index (κ3) is 5.00. The monoisotopic (exact) mass is 487 g/mol. The number of aromatic nitrogens is 4. The van der Waals surface area contributed by atoms with Crippen molar-refractivity contribution in [3.63, 3.8) is 0 Å². The molecule has 0 radical (unpaired) electrons. The summed E-state index contributed by atoms with van der Waals surface area (Å²) in [5.41, 5.74) is 0.783. The number of halogens is 1. The van der Waals surface area contributed by atoms with Gasteiger partial charge in [0.15, 0.2) is 0 Å². The Morgan fingerprint density at radius 2 is 1.65 bits per heavy atom. The number of tetrazole rings is 1. The average molecular weight is 488 g/mol. The second kappa shape index (κ2) is 9.22. The van der Waals surface area contributed by atoms with Crippen molar-refractivity contribution in [1.82, 2.24) is 33.3 Å². The van der Waals surface area contributed by atoms with E-state index in [1.165, 1.54) is 4.31 Å². The zero-order valence-corrected chi connectivity index (χ0v) is 19.9. The third-order valence-corrected chi connectivity index (χ3v) is 8.02. The van der Waals surface area contributed by atoms with Gasteiger partial charge in [0.1, 0.15) is 0 Å². The summed E-state index contributed by atoms with van der Waals surface area (Å²) in [6, 6.07) is 7.20. The number of benzene rings is 1. The lowest BCUT2D eigenvalue weighted by Crippen LogP contribution is -2.57. The van der Waals surface area contributed by atoms with Gasteiger partial charge in [-0.3, -0.25) is 4.90 Å². The molecule has 2 atom stereocenters. The molecule has 2 aromatic rings. The van der Waals surface area contributed by atoms with Crippen molar-refractivity contribution >= 4 is 34.0 Å². The summed E-state index contributed by atoms with van der Waals surface area (Å²) in [5, 5.41) is 8.94. The molecular weight excluding hydrogens is 462 g/mol. The smallest absolute Gasteiger partial charge is 0.282 e. The molecule has 13 heteroatoms. The van der Waals surface area contributed by atoms with Crippen LogP contribution in [0.3, 0.4) is 0 Å². The highest BCUT2D eigenvalue weighted by Crippen LogP contribution is 2.19. The van der Waals surface area contributed by atoms with Crippen LogP contribution in [0.4, 0.5) is 0 Å². The van der Waals surface area contributed by atoms with Crippen LogP contribution in [-0.2, 0) is 21.6 Å². The van der Waals surface area contributed by atoms with Crippen LogP contribution in [0.25, 0.3) is 5.69 Å². The molecule has 2 saturated heterocycles. The first kappa shape index (κ1) is 22.8. The van der Waals surface area contributed by atoms with Crippen molar-refractivity contribution < 1.29 is 13.2 Å². The van der Waals surface area contributed by atoms with Gasteiger partial charge in [-0.2, -0.15) is 21.7 Å². The Morgan fingerprint density at radius 3 is 2.26 bits per heavy atom. The van der Waals surface area contributed by atoms with Gasteiger partial charge in [0.05, 0.1) is 24.6 Å². The number of hydrogen-bond donors (Lipinski definition) is 0. The highest BCUT2D eigenvalue weighted by atomic mass is 35.5. The summed E-state index contributed by atoms with van der Waals surface area (Å²) in [7, 11) is -3.50. The fourth-order valence-corrected chi connectivity index (χ4v) is 5.99. The summed E-state index contributed by atoms with van der Waals surface area (Å²) < 4.78 is 38.5. The first-order chi connectivity index (χ1) is 14.7. The van der Waals surface area contributed by atoms with E-state index in [2.05, 4.69) is 15.3 Å². The Kier molecular flexibility index (Phi) is 6.77. The van der Waals surface area contributed by atoms with Crippen LogP contribution < -0.4 is 0 Å². The van der Waals surface area contributed by atoms with Gasteiger partial charge in [-0.05, 0) is 60.8 Å². The number of nitrogens with zero attached hydrogens (tertiary/aromatic N) is 7. The Morgan fingerprint density at radius 1 is 1.03 bits per heavy atom. The number of morpholine rings is 1. The molecule has 10 nitrogen and oxygen atoms in total. The van der Waals surface area contributed by atoms with Gasteiger partial charge < -0.3 is 4.74 Å². The van der Waals surface area contributed by atoms with Crippen LogP contribution in [0.15, 0.2) is 24.3 Å². The summed E-state index contributed by atoms with van der Waals surface area (Å²) >= 11 is 11.5. The van der Waals surface area contributed by atoms with Crippen molar-refractivity contribution in [2.24, 2.45) is 0 Å². The summed E-state index contributed by atoms with van der Waals surface area (Å²) in [4.78, 5) is 2.12. The van der Waals surface area contributed by atoms with Crippen molar-refractivity contribution in [2.45, 2.75) is 32.7 Å². The van der Waals surface area contributed by atoms with Crippen LogP contribution in [-0.4, -0.2) is 93.2 Å². The van der Waals surface area contributed by atoms with Crippen molar-refractivity contribution in [3.8, 4) is 5.69 Å². The Labute approximate surface area is 192 Å². The Bertz CT molecular complexity index is 1050. The van der Waals surface area contributed by atoms with E-state index < -0.39 is 10.2 Å². The van der Waals surface area contributed by atoms with E-state index in [4.69, 9.17) is 28.6 Å². The molecule has 0 amide bonds. The third-order valence-electron chi connectivity index (χ3n) is 5.41. The Balaban J connectivity index is 1.37. The molecule has 0 saturated carbocycles. The predicted molar refractivity (Wildman–Crippen MR) is 119 cm³/mol. The van der Waals surface area contributed by atoms with E-state index in [0.717, 1.165) is 5.69 Å². The van der Waals surface area contributed by atoms with E-state index in [0.29, 0.717) is 55.7 Å². The summed E-state index contributed by atoms with van der Waals surface area (Å²) in [6.07, 6.45) is -0.213. The molecule has 170 valence electrons. The van der Waals surface area contributed by atoms with Gasteiger partial charge in [0.25, 0.3) is 10.2 Å². The lowest BCUT2D eigenvalue weighted by molar-refractivity contribution is -0.0458. The number of hydrogen-bond acceptors (Lipinski definition) is 7. The molecule has 0 N–H and O–H groups in total. The maximum Gasteiger partial charge on any atom is 0.282 e. The van der Waals surface area contributed by atoms with Gasteiger partial charge in [0, 0.05) is 44.3 Å². The SMILES string of the molecule is C[C@H]1CN(S(=O)(=O)N2CCN(Cn3nnn(-c4ccc(Cl)cc4)c3=S)CC2)C[C@H](C)O1. The molecule has 0 bridgehead atoms. The van der Waals surface area contributed by atoms with Crippen LogP contribution in [0.2, 0.25) is 5.02 Å². The first-order valence-corrected chi connectivity index (χ1v) is 12.3. The van der Waals surface area contributed by atoms with Crippen LogP contribution in [0.5, 0.6) is 0 Å². The second-order valence-corrected chi connectivity index (χ2v) is 10.6. The second-order valence-electron chi connectivity index (χ2n) is 7.89. The van der Waals surface area contributed by atoms with Crippen molar-refractivity contribution in [2.75, 3.05) is 39.3 Å². The lowest BCUT2D eigenvalue weighted by Gasteiger charge is -2.40. The molecule has 4 rings (SSSR count). The maximum absolute atomic E-state index is 13.1. The quantitative estimate of drug-likeness (QED) is 0.588. The first-order valence-electron chi connectivity index (χ1n) is 10.2. The number of piperazine rings is 1. The topological polar surface area (TPSA) is 88.7 Å². The van der Waals surface area contributed by atoms with Crippen molar-refractivity contribution in [3.05, 3.63) is 34.1 Å². The van der Waals surface area contributed by atoms with Gasteiger partial charge in [0.2, 0.25) is 4.77 Å². The molecular formula is C18H26ClN7O3S2. The molecule has 0 unspecified atom stereocenters. The molecule has 0 aliphatic carbocycles. The molecule has 1 aromatic heterocycles. The molecule has 3 heterocycles. The van der Waals surface area contributed by atoms with E-state index in [-0.39, 0.29) is 12.2 Å². The molecule has 2 aliphatic heterocycles. The predicted octanol–water partition coefficient (Wildman–Crippen LogP) is 1.38. The summed E-state index contributed by atoms with van der Waals surface area (Å²) in [6.45, 7) is 7.03. The molecule has 2 fully saturated rings. The standard InChI is InChI=1S/C18H26ClN7O3S2/c1-14-11-24(12-15(2)29-14)31(27,28)23-9-7-22(8-10-23)13-25-18(30)26(21-20-25)17-5-3-16(19)4-6-17/h3-6,14-15H,7-13H2,1-2H3/t14-,15-/m0/s1. The van der Waals surface area contributed by atoms with Crippen LogP contribution in [0.1, 0.15) is 13.8 Å². The normalized spacial score (nSPS) is 24.5. The van der Waals surface area contributed by atoms with Crippen LogP contribution in [0, 0.1) is 4.77 Å². The number of rotatable bonds is 5. The Hall–Kier alpha value is -1.41. The molecule has 0 spiro atoms. The molecule has 1 aromatic carbocycles. The fraction of sp³-hybridized carbons (Fsp3) is 0.611. The highest BCUT2D eigenvalue weighted by Gasteiger charge is 2.36. The number of ether oxygens (including phenoxy) is 1. The van der Waals surface area contributed by atoms with Crippen molar-refractivity contribution in [1.29, 1.82) is 0 Å². The summed E-state index contributed by atoms with van der Waals surface area (Å²) in [5.74, 6) is 0. The minimum atomic E-state index is -3.50. The minimum Gasteiger partial charge on any atom is -0.373 e. The molecule has 31 heavy (non-hydrogen) atoms. The minimum absolute atomic E-state index is 0.107. The largest absolute Gasteiger partial charge is 0.373 e. The lowest BCUT2D eigenvalue weighted by atomic mass is 10.3. The zero-order chi connectivity index (χ0) is 22.2. The van der Waals surface area contributed by atoms with Gasteiger partial charge in [-0.1, -0.05) is 11.6 Å². The van der Waals surface area contributed by atoms with E-state index in [9.17, 15) is 8.42 Å². The van der Waals surface area contributed by atoms with Gasteiger partial charge in [-0.25, -0.2) is 4.68 Å². The molecule has 2 aliphatic rings. The van der Waals surface area contributed by atoms with E-state index >= 15 is 0 Å². The average Bonchev–Trinajstić information content (AvgIpc) is 3.08. The van der Waals surface area contributed by atoms with E-state index in [1.54, 1.807) is 25.8 Å². The van der Waals surface area contributed by atoms with Crippen LogP contribution >= 0.6 is 23.8 Å². The zero-order valence-electron chi connectivity index (χ0n) is 17.5.